The number of rotatable bonds is 3. The summed E-state index contributed by atoms with van der Waals surface area (Å²) in [5.41, 5.74) is 1.28. The van der Waals surface area contributed by atoms with Gasteiger partial charge in [0.2, 0.25) is 0 Å². The summed E-state index contributed by atoms with van der Waals surface area (Å²) >= 11 is 2.06. The minimum absolute atomic E-state index is 0.703. The molecule has 0 aliphatic carbocycles. The maximum atomic E-state index is 4.15. The van der Waals surface area contributed by atoms with Gasteiger partial charge in [0.05, 0.1) is 6.20 Å². The molecule has 0 amide bonds. The predicted octanol–water partition coefficient (Wildman–Crippen LogP) is 1.41. The van der Waals surface area contributed by atoms with E-state index in [4.69, 9.17) is 0 Å². The second-order valence-corrected chi connectivity index (χ2v) is 4.97. The summed E-state index contributed by atoms with van der Waals surface area (Å²) in [6.07, 6.45) is 6.69. The Bertz CT molecular complexity index is 279. The molecule has 78 valence electrons. The van der Waals surface area contributed by atoms with Crippen LogP contribution in [0.1, 0.15) is 18.4 Å². The van der Waals surface area contributed by atoms with Gasteiger partial charge >= 0.3 is 0 Å². The molecule has 1 saturated heterocycles. The molecule has 4 heteroatoms. The van der Waals surface area contributed by atoms with Gasteiger partial charge in [-0.2, -0.15) is 16.9 Å². The normalized spacial score (nSPS) is 22.5. The highest BCUT2D eigenvalue weighted by molar-refractivity contribution is 7.99. The monoisotopic (exact) mass is 211 g/mol. The van der Waals surface area contributed by atoms with Crippen molar-refractivity contribution in [3.63, 3.8) is 0 Å². The molecule has 1 N–H and O–H groups in total. The Morgan fingerprint density at radius 3 is 3.29 bits per heavy atom. The predicted molar refractivity (Wildman–Crippen MR) is 60.4 cm³/mol. The van der Waals surface area contributed by atoms with Crippen molar-refractivity contribution in [3.05, 3.63) is 18.0 Å². The van der Waals surface area contributed by atoms with Crippen LogP contribution in [0.25, 0.3) is 0 Å². The molecular formula is C10H17N3S. The van der Waals surface area contributed by atoms with Gasteiger partial charge in [0.25, 0.3) is 0 Å². The number of nitrogens with zero attached hydrogens (tertiary/aromatic N) is 2. The zero-order valence-corrected chi connectivity index (χ0v) is 9.39. The van der Waals surface area contributed by atoms with Gasteiger partial charge in [-0.05, 0) is 18.6 Å². The largest absolute Gasteiger partial charge is 0.309 e. The summed E-state index contributed by atoms with van der Waals surface area (Å²) in [6, 6.07) is 0.703. The van der Waals surface area contributed by atoms with Crippen LogP contribution in [0.5, 0.6) is 0 Å². The van der Waals surface area contributed by atoms with Crippen LogP contribution in [0.2, 0.25) is 0 Å². The van der Waals surface area contributed by atoms with E-state index < -0.39 is 0 Å². The Balaban J connectivity index is 1.76. The van der Waals surface area contributed by atoms with E-state index in [2.05, 4.69) is 28.4 Å². The average molecular weight is 211 g/mol. The summed E-state index contributed by atoms with van der Waals surface area (Å²) < 4.78 is 1.85. The Morgan fingerprint density at radius 2 is 2.64 bits per heavy atom. The van der Waals surface area contributed by atoms with Crippen molar-refractivity contribution in [2.45, 2.75) is 25.4 Å². The third-order valence-electron chi connectivity index (χ3n) is 2.51. The molecule has 1 aliphatic rings. The van der Waals surface area contributed by atoms with Crippen molar-refractivity contribution in [1.82, 2.24) is 15.1 Å². The number of nitrogens with one attached hydrogen (secondary N) is 1. The van der Waals surface area contributed by atoms with Gasteiger partial charge in [-0.1, -0.05) is 0 Å². The first kappa shape index (κ1) is 10.1. The SMILES string of the molecule is Cn1cc(CNC2CCCSC2)cn1. The molecule has 1 atom stereocenters. The van der Waals surface area contributed by atoms with Gasteiger partial charge in [-0.25, -0.2) is 0 Å². The van der Waals surface area contributed by atoms with E-state index in [1.165, 1.54) is 29.9 Å². The topological polar surface area (TPSA) is 29.9 Å². The Hall–Kier alpha value is -0.480. The highest BCUT2D eigenvalue weighted by Gasteiger charge is 2.12. The lowest BCUT2D eigenvalue weighted by atomic mass is 10.2. The first-order valence-corrected chi connectivity index (χ1v) is 6.29. The van der Waals surface area contributed by atoms with Crippen molar-refractivity contribution < 1.29 is 0 Å². The van der Waals surface area contributed by atoms with Gasteiger partial charge in [0.1, 0.15) is 0 Å². The third-order valence-corrected chi connectivity index (χ3v) is 3.73. The average Bonchev–Trinajstić information content (AvgIpc) is 2.63. The van der Waals surface area contributed by atoms with E-state index in [-0.39, 0.29) is 0 Å². The Kier molecular flexibility index (Phi) is 3.48. The molecule has 2 rings (SSSR count). The molecule has 0 saturated carbocycles. The van der Waals surface area contributed by atoms with Crippen LogP contribution < -0.4 is 5.32 Å². The van der Waals surface area contributed by atoms with E-state index in [1.54, 1.807) is 0 Å². The van der Waals surface area contributed by atoms with Crippen LogP contribution in [0.4, 0.5) is 0 Å². The van der Waals surface area contributed by atoms with Crippen molar-refractivity contribution in [2.24, 2.45) is 7.05 Å². The van der Waals surface area contributed by atoms with Crippen LogP contribution in [0.15, 0.2) is 12.4 Å². The molecule has 1 aromatic heterocycles. The van der Waals surface area contributed by atoms with E-state index in [9.17, 15) is 0 Å². The molecule has 14 heavy (non-hydrogen) atoms. The summed E-state index contributed by atoms with van der Waals surface area (Å²) in [7, 11) is 1.96. The van der Waals surface area contributed by atoms with Crippen molar-refractivity contribution in [3.8, 4) is 0 Å². The van der Waals surface area contributed by atoms with Crippen LogP contribution in [0, 0.1) is 0 Å². The molecule has 1 fully saturated rings. The molecule has 3 nitrogen and oxygen atoms in total. The lowest BCUT2D eigenvalue weighted by Gasteiger charge is -2.22. The highest BCUT2D eigenvalue weighted by Crippen LogP contribution is 2.17. The van der Waals surface area contributed by atoms with Crippen molar-refractivity contribution in [1.29, 1.82) is 0 Å². The fourth-order valence-electron chi connectivity index (χ4n) is 1.73. The van der Waals surface area contributed by atoms with Crippen LogP contribution in [0.3, 0.4) is 0 Å². The summed E-state index contributed by atoms with van der Waals surface area (Å²) in [4.78, 5) is 0. The maximum Gasteiger partial charge on any atom is 0.0534 e. The summed E-state index contributed by atoms with van der Waals surface area (Å²) in [6.45, 7) is 0.957. The molecule has 1 aliphatic heterocycles. The van der Waals surface area contributed by atoms with Crippen LogP contribution in [-0.4, -0.2) is 27.3 Å². The highest BCUT2D eigenvalue weighted by atomic mass is 32.2. The third kappa shape index (κ3) is 2.75. The van der Waals surface area contributed by atoms with E-state index in [0.717, 1.165) is 6.54 Å². The van der Waals surface area contributed by atoms with Crippen molar-refractivity contribution >= 4 is 11.8 Å². The fraction of sp³-hybridized carbons (Fsp3) is 0.700. The number of thioether (sulfide) groups is 1. The van der Waals surface area contributed by atoms with Gasteiger partial charge in [-0.3, -0.25) is 4.68 Å². The lowest BCUT2D eigenvalue weighted by molar-refractivity contribution is 0.507. The zero-order valence-electron chi connectivity index (χ0n) is 8.57. The second kappa shape index (κ2) is 4.84. The molecule has 0 aromatic carbocycles. The number of hydrogen-bond donors (Lipinski definition) is 1. The standard InChI is InChI=1S/C10H17N3S/c1-13-7-9(6-12-13)5-11-10-3-2-4-14-8-10/h6-7,10-11H,2-5,8H2,1H3. The molecule has 2 heterocycles. The van der Waals surface area contributed by atoms with Crippen LogP contribution >= 0.6 is 11.8 Å². The van der Waals surface area contributed by atoms with E-state index in [1.807, 2.05) is 17.9 Å². The zero-order chi connectivity index (χ0) is 9.80. The maximum absolute atomic E-state index is 4.15. The first-order valence-electron chi connectivity index (χ1n) is 5.13. The second-order valence-electron chi connectivity index (χ2n) is 3.82. The number of aryl methyl sites for hydroxylation is 1. The summed E-state index contributed by atoms with van der Waals surface area (Å²) in [5, 5.41) is 7.73. The minimum atomic E-state index is 0.703. The van der Waals surface area contributed by atoms with Gasteiger partial charge in [-0.15, -0.1) is 0 Å². The van der Waals surface area contributed by atoms with Gasteiger partial charge in [0, 0.05) is 37.1 Å². The smallest absolute Gasteiger partial charge is 0.0534 e. The van der Waals surface area contributed by atoms with Crippen molar-refractivity contribution in [2.75, 3.05) is 11.5 Å². The van der Waals surface area contributed by atoms with Gasteiger partial charge in [0.15, 0.2) is 0 Å². The molecule has 1 unspecified atom stereocenters. The molecule has 0 spiro atoms. The van der Waals surface area contributed by atoms with E-state index >= 15 is 0 Å². The number of hydrogen-bond acceptors (Lipinski definition) is 3. The molecule has 1 aromatic rings. The number of aromatic nitrogens is 2. The Morgan fingerprint density at radius 1 is 1.71 bits per heavy atom. The lowest BCUT2D eigenvalue weighted by Crippen LogP contribution is -2.33. The molecular weight excluding hydrogens is 194 g/mol. The van der Waals surface area contributed by atoms with E-state index in [0.29, 0.717) is 6.04 Å². The summed E-state index contributed by atoms with van der Waals surface area (Å²) in [5.74, 6) is 2.60. The fourth-order valence-corrected chi connectivity index (χ4v) is 2.83. The Labute approximate surface area is 89.3 Å². The molecule has 0 bridgehead atoms. The van der Waals surface area contributed by atoms with Gasteiger partial charge < -0.3 is 5.32 Å². The quantitative estimate of drug-likeness (QED) is 0.820. The minimum Gasteiger partial charge on any atom is -0.309 e. The first-order chi connectivity index (χ1) is 6.84. The van der Waals surface area contributed by atoms with Crippen LogP contribution in [-0.2, 0) is 13.6 Å². The molecule has 0 radical (unpaired) electrons.